The third kappa shape index (κ3) is 6.39. The first kappa shape index (κ1) is 15.2. The van der Waals surface area contributed by atoms with Gasteiger partial charge in [-0.1, -0.05) is 27.2 Å². The van der Waals surface area contributed by atoms with Crippen molar-refractivity contribution in [1.29, 1.82) is 0 Å². The summed E-state index contributed by atoms with van der Waals surface area (Å²) < 4.78 is 5.50. The van der Waals surface area contributed by atoms with Crippen molar-refractivity contribution in [3.8, 4) is 0 Å². The van der Waals surface area contributed by atoms with Gasteiger partial charge in [0.15, 0.2) is 0 Å². The third-order valence-electron chi connectivity index (χ3n) is 2.59. The summed E-state index contributed by atoms with van der Waals surface area (Å²) >= 11 is 5.57. The van der Waals surface area contributed by atoms with Crippen LogP contribution in [-0.2, 0) is 4.74 Å². The van der Waals surface area contributed by atoms with E-state index in [0.717, 1.165) is 19.3 Å². The summed E-state index contributed by atoms with van der Waals surface area (Å²) in [4.78, 5) is 0. The minimum absolute atomic E-state index is 0.0605. The predicted molar refractivity (Wildman–Crippen MR) is 65.4 cm³/mol. The molecule has 15 heavy (non-hydrogen) atoms. The molecule has 92 valence electrons. The Morgan fingerprint density at radius 3 is 2.47 bits per heavy atom. The molecule has 0 spiro atoms. The summed E-state index contributed by atoms with van der Waals surface area (Å²) in [5, 5.41) is 9.54. The van der Waals surface area contributed by atoms with Gasteiger partial charge in [0.1, 0.15) is 0 Å². The zero-order valence-corrected chi connectivity index (χ0v) is 11.0. The van der Waals surface area contributed by atoms with Crippen LogP contribution in [0.1, 0.15) is 40.0 Å². The third-order valence-corrected chi connectivity index (χ3v) is 2.74. The number of hydrogen-bond acceptors (Lipinski definition) is 2. The normalized spacial score (nSPS) is 15.6. The van der Waals surface area contributed by atoms with Gasteiger partial charge in [-0.25, -0.2) is 0 Å². The first-order chi connectivity index (χ1) is 7.10. The molecule has 0 aliphatic carbocycles. The van der Waals surface area contributed by atoms with Crippen molar-refractivity contribution in [3.63, 3.8) is 0 Å². The summed E-state index contributed by atoms with van der Waals surface area (Å²) in [5.41, 5.74) is -0.0605. The second kappa shape index (κ2) is 8.37. The van der Waals surface area contributed by atoms with E-state index < -0.39 is 0 Å². The second-order valence-electron chi connectivity index (χ2n) is 4.75. The fraction of sp³-hybridized carbons (Fsp3) is 1.00. The molecule has 0 saturated heterocycles. The highest BCUT2D eigenvalue weighted by molar-refractivity contribution is 6.17. The van der Waals surface area contributed by atoms with Crippen LogP contribution in [0.4, 0.5) is 0 Å². The molecular formula is C12H25ClO2. The van der Waals surface area contributed by atoms with Crippen molar-refractivity contribution in [3.05, 3.63) is 0 Å². The van der Waals surface area contributed by atoms with Crippen molar-refractivity contribution in [1.82, 2.24) is 0 Å². The van der Waals surface area contributed by atoms with E-state index in [1.807, 2.05) is 0 Å². The van der Waals surface area contributed by atoms with Gasteiger partial charge in [0.2, 0.25) is 0 Å². The first-order valence-corrected chi connectivity index (χ1v) is 6.38. The molecule has 1 N–H and O–H groups in total. The molecule has 0 aliphatic rings. The van der Waals surface area contributed by atoms with Crippen LogP contribution in [0.25, 0.3) is 0 Å². The zero-order valence-electron chi connectivity index (χ0n) is 10.3. The molecule has 0 fully saturated rings. The molecule has 1 unspecified atom stereocenters. The zero-order chi connectivity index (χ0) is 11.7. The van der Waals surface area contributed by atoms with Crippen molar-refractivity contribution in [2.75, 3.05) is 25.7 Å². The van der Waals surface area contributed by atoms with Crippen LogP contribution in [0.5, 0.6) is 0 Å². The molecular weight excluding hydrogens is 212 g/mol. The minimum atomic E-state index is -0.0605. The van der Waals surface area contributed by atoms with Gasteiger partial charge >= 0.3 is 0 Å². The van der Waals surface area contributed by atoms with E-state index in [9.17, 15) is 5.11 Å². The van der Waals surface area contributed by atoms with Crippen LogP contribution < -0.4 is 0 Å². The maximum Gasteiger partial charge on any atom is 0.0602 e. The van der Waals surface area contributed by atoms with Crippen LogP contribution in [0.15, 0.2) is 0 Å². The average molecular weight is 237 g/mol. The summed E-state index contributed by atoms with van der Waals surface area (Å²) in [6, 6.07) is 0. The molecule has 0 radical (unpaired) electrons. The molecule has 0 saturated carbocycles. The molecule has 0 amide bonds. The Morgan fingerprint density at radius 2 is 2.07 bits per heavy atom. The lowest BCUT2D eigenvalue weighted by atomic mass is 9.78. The van der Waals surface area contributed by atoms with Gasteiger partial charge in [-0.15, -0.1) is 11.6 Å². The largest absolute Gasteiger partial charge is 0.396 e. The Labute approximate surface area is 99.0 Å². The highest BCUT2D eigenvalue weighted by atomic mass is 35.5. The van der Waals surface area contributed by atoms with E-state index >= 15 is 0 Å². The molecule has 0 rings (SSSR count). The van der Waals surface area contributed by atoms with Crippen LogP contribution in [0, 0.1) is 11.3 Å². The van der Waals surface area contributed by atoms with Crippen LogP contribution >= 0.6 is 11.6 Å². The Morgan fingerprint density at radius 1 is 1.40 bits per heavy atom. The fourth-order valence-electron chi connectivity index (χ4n) is 2.16. The SMILES string of the molecule is CCCC(CO)(COCCCl)CC(C)C. The Hall–Kier alpha value is 0.210. The number of ether oxygens (including phenoxy) is 1. The quantitative estimate of drug-likeness (QED) is 0.493. The summed E-state index contributed by atoms with van der Waals surface area (Å²) in [5.74, 6) is 1.11. The number of hydrogen-bond donors (Lipinski definition) is 1. The lowest BCUT2D eigenvalue weighted by Gasteiger charge is -2.33. The van der Waals surface area contributed by atoms with Gasteiger partial charge in [0.25, 0.3) is 0 Å². The molecule has 0 aromatic heterocycles. The molecule has 2 nitrogen and oxygen atoms in total. The van der Waals surface area contributed by atoms with Gasteiger partial charge in [0.05, 0.1) is 19.8 Å². The Kier molecular flexibility index (Phi) is 8.49. The molecule has 0 aromatic carbocycles. The number of aliphatic hydroxyl groups is 1. The Balaban J connectivity index is 4.22. The van der Waals surface area contributed by atoms with Crippen LogP contribution in [0.3, 0.4) is 0 Å². The summed E-state index contributed by atoms with van der Waals surface area (Å²) in [6.07, 6.45) is 3.11. The van der Waals surface area contributed by atoms with Crippen molar-refractivity contribution in [2.24, 2.45) is 11.3 Å². The molecule has 3 heteroatoms. The van der Waals surface area contributed by atoms with E-state index in [0.29, 0.717) is 25.0 Å². The number of rotatable bonds is 9. The van der Waals surface area contributed by atoms with Crippen molar-refractivity contribution >= 4 is 11.6 Å². The number of alkyl halides is 1. The van der Waals surface area contributed by atoms with Crippen molar-refractivity contribution < 1.29 is 9.84 Å². The van der Waals surface area contributed by atoms with Crippen molar-refractivity contribution in [2.45, 2.75) is 40.0 Å². The molecule has 0 heterocycles. The van der Waals surface area contributed by atoms with E-state index in [1.54, 1.807) is 0 Å². The predicted octanol–water partition coefficient (Wildman–Crippen LogP) is 3.07. The second-order valence-corrected chi connectivity index (χ2v) is 5.13. The summed E-state index contributed by atoms with van der Waals surface area (Å²) in [7, 11) is 0. The molecule has 1 atom stereocenters. The highest BCUT2D eigenvalue weighted by Gasteiger charge is 2.29. The van der Waals surface area contributed by atoms with E-state index in [2.05, 4.69) is 20.8 Å². The molecule has 0 aliphatic heterocycles. The molecule has 0 bridgehead atoms. The fourth-order valence-corrected chi connectivity index (χ4v) is 2.27. The van der Waals surface area contributed by atoms with E-state index in [4.69, 9.17) is 16.3 Å². The smallest absolute Gasteiger partial charge is 0.0602 e. The van der Waals surface area contributed by atoms with E-state index in [-0.39, 0.29) is 12.0 Å². The van der Waals surface area contributed by atoms with Gasteiger partial charge < -0.3 is 9.84 Å². The highest BCUT2D eigenvalue weighted by Crippen LogP contribution is 2.31. The van der Waals surface area contributed by atoms with Gasteiger partial charge in [-0.3, -0.25) is 0 Å². The lowest BCUT2D eigenvalue weighted by molar-refractivity contribution is -0.00750. The van der Waals surface area contributed by atoms with Gasteiger partial charge in [0, 0.05) is 11.3 Å². The maximum atomic E-state index is 9.54. The van der Waals surface area contributed by atoms with Crippen LogP contribution in [-0.4, -0.2) is 30.8 Å². The topological polar surface area (TPSA) is 29.5 Å². The Bertz CT molecular complexity index is 151. The van der Waals surface area contributed by atoms with Gasteiger partial charge in [-0.2, -0.15) is 0 Å². The standard InChI is InChI=1S/C12H25ClO2/c1-4-5-12(9-14,8-11(2)3)10-15-7-6-13/h11,14H,4-10H2,1-3H3. The number of halogens is 1. The van der Waals surface area contributed by atoms with Crippen LogP contribution in [0.2, 0.25) is 0 Å². The number of aliphatic hydroxyl groups excluding tert-OH is 1. The monoisotopic (exact) mass is 236 g/mol. The average Bonchev–Trinajstić information content (AvgIpc) is 2.17. The molecule has 0 aromatic rings. The maximum absolute atomic E-state index is 9.54. The first-order valence-electron chi connectivity index (χ1n) is 5.85. The summed E-state index contributed by atoms with van der Waals surface area (Å²) in [6.45, 7) is 7.92. The van der Waals surface area contributed by atoms with Gasteiger partial charge in [-0.05, 0) is 18.8 Å². The lowest BCUT2D eigenvalue weighted by Crippen LogP contribution is -2.33. The van der Waals surface area contributed by atoms with E-state index in [1.165, 1.54) is 0 Å². The minimum Gasteiger partial charge on any atom is -0.396 e.